The maximum Gasteiger partial charge on any atom is 0.114 e. The number of hydrogen-bond donors (Lipinski definition) is 1. The smallest absolute Gasteiger partial charge is 0.114 e. The van der Waals surface area contributed by atoms with E-state index in [1.165, 1.54) is 0 Å². The second-order valence-corrected chi connectivity index (χ2v) is 9.95. The zero-order valence-electron chi connectivity index (χ0n) is 14.8. The van der Waals surface area contributed by atoms with Crippen molar-refractivity contribution in [1.29, 1.82) is 0 Å². The molecule has 0 rings (SSSR count). The summed E-state index contributed by atoms with van der Waals surface area (Å²) < 4.78 is 6.19. The van der Waals surface area contributed by atoms with Crippen LogP contribution in [0.3, 0.4) is 0 Å². The molecule has 0 fully saturated rings. The van der Waals surface area contributed by atoms with Crippen molar-refractivity contribution < 1.29 is 4.74 Å². The third-order valence-corrected chi connectivity index (χ3v) is 5.92. The molecule has 0 aromatic rings. The Kier molecular flexibility index (Phi) is 11.8. The molecular formula is C17H33NOS2. The summed E-state index contributed by atoms with van der Waals surface area (Å²) in [6.45, 7) is 16.9. The fourth-order valence-corrected chi connectivity index (χ4v) is 3.82. The maximum absolute atomic E-state index is 5.94. The van der Waals surface area contributed by atoms with Crippen LogP contribution in [0.25, 0.3) is 0 Å². The van der Waals surface area contributed by atoms with Crippen molar-refractivity contribution in [3.05, 3.63) is 0 Å². The van der Waals surface area contributed by atoms with Gasteiger partial charge in [0.2, 0.25) is 0 Å². The molecule has 0 radical (unpaired) electrons. The molecule has 0 aromatic carbocycles. The van der Waals surface area contributed by atoms with Crippen molar-refractivity contribution in [3.8, 4) is 11.8 Å². The van der Waals surface area contributed by atoms with Gasteiger partial charge in [0.1, 0.15) is 12.0 Å². The minimum Gasteiger partial charge on any atom is -0.354 e. The number of rotatable bonds is 9. The highest BCUT2D eigenvalue weighted by molar-refractivity contribution is 8.77. The first-order valence-corrected chi connectivity index (χ1v) is 10.1. The van der Waals surface area contributed by atoms with Gasteiger partial charge >= 0.3 is 0 Å². The van der Waals surface area contributed by atoms with Crippen LogP contribution in [-0.2, 0) is 4.74 Å². The quantitative estimate of drug-likeness (QED) is 0.279. The lowest BCUT2D eigenvalue weighted by molar-refractivity contribution is 0.136. The Balaban J connectivity index is 4.12. The molecule has 0 aromatic heterocycles. The number of nitrogens with one attached hydrogen (secondary N) is 1. The molecule has 0 amide bonds. The predicted molar refractivity (Wildman–Crippen MR) is 99.7 cm³/mol. The summed E-state index contributed by atoms with van der Waals surface area (Å²) in [7, 11) is 3.74. The van der Waals surface area contributed by atoms with Crippen LogP contribution in [0.15, 0.2) is 0 Å². The van der Waals surface area contributed by atoms with Crippen molar-refractivity contribution >= 4 is 21.6 Å². The van der Waals surface area contributed by atoms with Crippen LogP contribution in [-0.4, -0.2) is 29.4 Å². The fraction of sp³-hybridized carbons (Fsp3) is 0.882. The van der Waals surface area contributed by atoms with E-state index in [4.69, 9.17) is 4.74 Å². The van der Waals surface area contributed by atoms with Crippen molar-refractivity contribution in [1.82, 2.24) is 5.32 Å². The van der Waals surface area contributed by atoms with Gasteiger partial charge in [0.25, 0.3) is 0 Å². The van der Waals surface area contributed by atoms with E-state index in [2.05, 4.69) is 65.6 Å². The average molecular weight is 332 g/mol. The Morgan fingerprint density at radius 3 is 2.33 bits per heavy atom. The van der Waals surface area contributed by atoms with Gasteiger partial charge in [-0.2, -0.15) is 0 Å². The third kappa shape index (κ3) is 16.4. The van der Waals surface area contributed by atoms with Crippen molar-refractivity contribution in [2.75, 3.05) is 13.2 Å². The first-order valence-electron chi connectivity index (χ1n) is 7.88. The van der Waals surface area contributed by atoms with Gasteiger partial charge < -0.3 is 10.1 Å². The summed E-state index contributed by atoms with van der Waals surface area (Å²) in [5.74, 6) is 6.68. The first-order chi connectivity index (χ1) is 9.70. The van der Waals surface area contributed by atoms with E-state index in [1.807, 2.05) is 21.6 Å². The first kappa shape index (κ1) is 21.2. The molecule has 2 nitrogen and oxygen atoms in total. The lowest BCUT2D eigenvalue weighted by Gasteiger charge is -2.22. The minimum absolute atomic E-state index is 0.227. The van der Waals surface area contributed by atoms with Crippen LogP contribution in [0.5, 0.6) is 0 Å². The van der Waals surface area contributed by atoms with Crippen molar-refractivity contribution in [2.24, 2.45) is 5.92 Å². The second-order valence-electron chi connectivity index (χ2n) is 6.76. The van der Waals surface area contributed by atoms with Gasteiger partial charge in [0.15, 0.2) is 0 Å². The van der Waals surface area contributed by atoms with E-state index in [0.29, 0.717) is 18.6 Å². The highest BCUT2D eigenvalue weighted by Gasteiger charge is 2.17. The molecule has 124 valence electrons. The van der Waals surface area contributed by atoms with Crippen molar-refractivity contribution in [3.63, 3.8) is 0 Å². The minimum atomic E-state index is 0.227. The van der Waals surface area contributed by atoms with E-state index >= 15 is 0 Å². The van der Waals surface area contributed by atoms with Gasteiger partial charge in [-0.05, 0) is 19.4 Å². The standard InChI is InChI=1S/C17H33NOS2/c1-14(2)10-9-13-19-16(20-21-17(5,6)7)11-8-12-18-15(3)4/h14-16,18H,8,11-13H2,1-7H3. The molecule has 1 atom stereocenters. The van der Waals surface area contributed by atoms with Crippen LogP contribution < -0.4 is 5.32 Å². The second kappa shape index (κ2) is 11.7. The summed E-state index contributed by atoms with van der Waals surface area (Å²) in [5.41, 5.74) is 0.227. The average Bonchev–Trinajstić information content (AvgIpc) is 2.33. The lowest BCUT2D eigenvalue weighted by atomic mass is 10.2. The molecule has 1 N–H and O–H groups in total. The topological polar surface area (TPSA) is 21.3 Å². The van der Waals surface area contributed by atoms with Gasteiger partial charge in [0.05, 0.1) is 0 Å². The summed E-state index contributed by atoms with van der Waals surface area (Å²) in [6, 6.07) is 0.554. The third-order valence-electron chi connectivity index (χ3n) is 2.31. The summed E-state index contributed by atoms with van der Waals surface area (Å²) >= 11 is 0. The zero-order chi connectivity index (χ0) is 16.3. The van der Waals surface area contributed by atoms with Crippen LogP contribution in [0.2, 0.25) is 0 Å². The van der Waals surface area contributed by atoms with Gasteiger partial charge in [-0.3, -0.25) is 0 Å². The fourth-order valence-electron chi connectivity index (χ4n) is 1.40. The van der Waals surface area contributed by atoms with E-state index in [1.54, 1.807) is 0 Å². The molecule has 0 aliphatic carbocycles. The summed E-state index contributed by atoms with van der Waals surface area (Å²) in [4.78, 5) is 0. The van der Waals surface area contributed by atoms with E-state index < -0.39 is 0 Å². The summed E-state index contributed by atoms with van der Waals surface area (Å²) in [5, 5.41) is 3.46. The molecule has 0 saturated heterocycles. The molecule has 0 aliphatic rings. The van der Waals surface area contributed by atoms with Crippen LogP contribution in [0.1, 0.15) is 61.3 Å². The van der Waals surface area contributed by atoms with E-state index in [9.17, 15) is 0 Å². The molecule has 0 spiro atoms. The molecule has 1 unspecified atom stereocenters. The summed E-state index contributed by atoms with van der Waals surface area (Å²) in [6.07, 6.45) is 2.20. The lowest BCUT2D eigenvalue weighted by Crippen LogP contribution is -2.24. The Hall–Kier alpha value is 0.180. The van der Waals surface area contributed by atoms with E-state index in [-0.39, 0.29) is 10.2 Å². The largest absolute Gasteiger partial charge is 0.354 e. The highest BCUT2D eigenvalue weighted by atomic mass is 33.1. The Morgan fingerprint density at radius 2 is 1.81 bits per heavy atom. The highest BCUT2D eigenvalue weighted by Crippen LogP contribution is 2.39. The van der Waals surface area contributed by atoms with E-state index in [0.717, 1.165) is 19.4 Å². The zero-order valence-corrected chi connectivity index (χ0v) is 16.4. The SMILES string of the molecule is CC(C)C#CCOC(CCCNC(C)C)SSC(C)(C)C. The van der Waals surface area contributed by atoms with Gasteiger partial charge in [-0.15, -0.1) is 0 Å². The monoisotopic (exact) mass is 331 g/mol. The van der Waals surface area contributed by atoms with Crippen LogP contribution in [0, 0.1) is 17.8 Å². The molecule has 0 saturated carbocycles. The normalized spacial score (nSPS) is 13.4. The van der Waals surface area contributed by atoms with Crippen molar-refractivity contribution in [2.45, 2.75) is 77.5 Å². The van der Waals surface area contributed by atoms with Crippen LogP contribution in [0.4, 0.5) is 0 Å². The number of ether oxygens (including phenoxy) is 1. The number of hydrogen-bond acceptors (Lipinski definition) is 4. The molecule has 0 bridgehead atoms. The Bertz CT molecular complexity index is 313. The molecular weight excluding hydrogens is 298 g/mol. The molecule has 4 heteroatoms. The maximum atomic E-state index is 5.94. The Morgan fingerprint density at radius 1 is 1.14 bits per heavy atom. The van der Waals surface area contributed by atoms with Gasteiger partial charge in [0, 0.05) is 16.7 Å². The predicted octanol–water partition coefficient (Wildman–Crippen LogP) is 4.95. The van der Waals surface area contributed by atoms with Gasteiger partial charge in [-0.25, -0.2) is 0 Å². The van der Waals surface area contributed by atoms with Crippen LogP contribution >= 0.6 is 21.6 Å². The molecule has 0 aliphatic heterocycles. The Labute approximate surface area is 140 Å². The molecule has 0 heterocycles. The molecule has 21 heavy (non-hydrogen) atoms. The van der Waals surface area contributed by atoms with Gasteiger partial charge in [-0.1, -0.05) is 81.9 Å².